The SMILES string of the molecule is C=C(C)COc1c(I)cc(/C=C2\N=C(c3ccc([N+](=O)[O-])c(C)c3)OC2=O)cc1OC. The van der Waals surface area contributed by atoms with Gasteiger partial charge in [-0.05, 0) is 77.9 Å². The first-order valence-corrected chi connectivity index (χ1v) is 10.2. The molecule has 0 bridgehead atoms. The number of methoxy groups -OCH3 is 1. The van der Waals surface area contributed by atoms with Crippen LogP contribution < -0.4 is 9.47 Å². The van der Waals surface area contributed by atoms with Crippen LogP contribution in [0.2, 0.25) is 0 Å². The second kappa shape index (κ2) is 9.29. The Hall–Kier alpha value is -3.21. The molecule has 0 aromatic heterocycles. The van der Waals surface area contributed by atoms with E-state index in [2.05, 4.69) is 34.2 Å². The van der Waals surface area contributed by atoms with E-state index < -0.39 is 10.9 Å². The maximum Gasteiger partial charge on any atom is 0.363 e. The molecule has 8 nitrogen and oxygen atoms in total. The number of esters is 1. The third-order valence-electron chi connectivity index (χ3n) is 4.28. The summed E-state index contributed by atoms with van der Waals surface area (Å²) < 4.78 is 17.3. The molecule has 9 heteroatoms. The summed E-state index contributed by atoms with van der Waals surface area (Å²) in [7, 11) is 1.53. The predicted molar refractivity (Wildman–Crippen MR) is 124 cm³/mol. The maximum absolute atomic E-state index is 12.3. The Morgan fingerprint density at radius 3 is 2.71 bits per heavy atom. The molecule has 160 valence electrons. The molecule has 2 aromatic rings. The van der Waals surface area contributed by atoms with Gasteiger partial charge in [-0.1, -0.05) is 6.58 Å². The van der Waals surface area contributed by atoms with Gasteiger partial charge in [-0.3, -0.25) is 10.1 Å². The van der Waals surface area contributed by atoms with Crippen molar-refractivity contribution in [2.24, 2.45) is 4.99 Å². The first-order valence-electron chi connectivity index (χ1n) is 9.12. The zero-order chi connectivity index (χ0) is 22.7. The Balaban J connectivity index is 1.93. The van der Waals surface area contributed by atoms with Crippen molar-refractivity contribution < 1.29 is 23.9 Å². The molecule has 1 aliphatic rings. The Morgan fingerprint density at radius 1 is 1.35 bits per heavy atom. The van der Waals surface area contributed by atoms with E-state index in [1.54, 1.807) is 25.1 Å². The van der Waals surface area contributed by atoms with Crippen molar-refractivity contribution in [3.8, 4) is 11.5 Å². The number of benzene rings is 2. The number of carbonyl (C=O) groups is 1. The van der Waals surface area contributed by atoms with Gasteiger partial charge < -0.3 is 14.2 Å². The van der Waals surface area contributed by atoms with Gasteiger partial charge in [0, 0.05) is 17.2 Å². The molecule has 0 radical (unpaired) electrons. The van der Waals surface area contributed by atoms with Crippen LogP contribution >= 0.6 is 22.6 Å². The lowest BCUT2D eigenvalue weighted by Gasteiger charge is -2.13. The lowest BCUT2D eigenvalue weighted by atomic mass is 10.1. The van der Waals surface area contributed by atoms with Gasteiger partial charge in [0.1, 0.15) is 6.61 Å². The molecule has 0 spiro atoms. The van der Waals surface area contributed by atoms with Crippen LogP contribution in [0.5, 0.6) is 11.5 Å². The average Bonchev–Trinajstić information content (AvgIpc) is 3.06. The molecular formula is C22H19IN2O6. The van der Waals surface area contributed by atoms with Crippen molar-refractivity contribution in [2.75, 3.05) is 13.7 Å². The number of aryl methyl sites for hydroxylation is 1. The Bertz CT molecular complexity index is 1150. The number of halogens is 1. The number of nitrogens with zero attached hydrogens (tertiary/aromatic N) is 2. The van der Waals surface area contributed by atoms with Crippen LogP contribution in [0.4, 0.5) is 5.69 Å². The van der Waals surface area contributed by atoms with E-state index in [1.807, 2.05) is 13.0 Å². The molecule has 3 rings (SSSR count). The Labute approximate surface area is 192 Å². The first-order chi connectivity index (χ1) is 14.7. The van der Waals surface area contributed by atoms with Crippen molar-refractivity contribution in [1.82, 2.24) is 0 Å². The molecular weight excluding hydrogens is 515 g/mol. The Morgan fingerprint density at radius 2 is 2.10 bits per heavy atom. The fraction of sp³-hybridized carbons (Fsp3) is 0.182. The molecule has 0 saturated heterocycles. The van der Waals surface area contributed by atoms with Gasteiger partial charge in [0.15, 0.2) is 17.2 Å². The minimum absolute atomic E-state index is 0.0138. The van der Waals surface area contributed by atoms with Crippen LogP contribution in [0.15, 0.2) is 53.2 Å². The fourth-order valence-corrected chi connectivity index (χ4v) is 3.62. The van der Waals surface area contributed by atoms with Crippen molar-refractivity contribution >= 4 is 46.2 Å². The number of carbonyl (C=O) groups excluding carboxylic acids is 1. The van der Waals surface area contributed by atoms with Crippen molar-refractivity contribution in [1.29, 1.82) is 0 Å². The van der Waals surface area contributed by atoms with E-state index in [9.17, 15) is 14.9 Å². The summed E-state index contributed by atoms with van der Waals surface area (Å²) in [6.07, 6.45) is 1.58. The van der Waals surface area contributed by atoms with E-state index in [1.165, 1.54) is 19.2 Å². The van der Waals surface area contributed by atoms with Crippen molar-refractivity contribution in [3.63, 3.8) is 0 Å². The topological polar surface area (TPSA) is 100 Å². The third-order valence-corrected chi connectivity index (χ3v) is 5.08. The molecule has 1 heterocycles. The highest BCUT2D eigenvalue weighted by Crippen LogP contribution is 2.35. The van der Waals surface area contributed by atoms with Crippen LogP contribution in [0, 0.1) is 20.6 Å². The smallest absolute Gasteiger partial charge is 0.363 e. The molecule has 31 heavy (non-hydrogen) atoms. The van der Waals surface area contributed by atoms with E-state index in [0.29, 0.717) is 34.8 Å². The molecule has 0 saturated carbocycles. The van der Waals surface area contributed by atoms with Crippen LogP contribution in [0.25, 0.3) is 6.08 Å². The van der Waals surface area contributed by atoms with Gasteiger partial charge in [-0.15, -0.1) is 0 Å². The van der Waals surface area contributed by atoms with Crippen molar-refractivity contribution in [3.05, 3.63) is 78.6 Å². The summed E-state index contributed by atoms with van der Waals surface area (Å²) in [6, 6.07) is 7.99. The molecule has 0 aliphatic carbocycles. The number of hydrogen-bond donors (Lipinski definition) is 0. The van der Waals surface area contributed by atoms with Gasteiger partial charge in [0.05, 0.1) is 15.6 Å². The van der Waals surface area contributed by atoms with Crippen LogP contribution in [-0.4, -0.2) is 30.5 Å². The van der Waals surface area contributed by atoms with Crippen LogP contribution in [0.1, 0.15) is 23.6 Å². The minimum atomic E-state index is -0.609. The number of hydrogen-bond acceptors (Lipinski definition) is 7. The molecule has 2 aromatic carbocycles. The Kier molecular flexibility index (Phi) is 6.74. The number of nitro groups is 1. The molecule has 1 aliphatic heterocycles. The normalized spacial score (nSPS) is 14.3. The van der Waals surface area contributed by atoms with E-state index in [-0.39, 0.29) is 17.3 Å². The standard InChI is InChI=1S/C22H19IN2O6/c1-12(2)11-30-20-16(23)8-14(10-19(20)29-4)9-17-22(26)31-21(24-17)15-5-6-18(25(27)28)13(3)7-15/h5-10H,1,11H2,2-4H3/b17-9-. The summed E-state index contributed by atoms with van der Waals surface area (Å²) in [4.78, 5) is 27.1. The van der Waals surface area contributed by atoms with Crippen molar-refractivity contribution in [2.45, 2.75) is 13.8 Å². The van der Waals surface area contributed by atoms with Gasteiger partial charge >= 0.3 is 5.97 Å². The first kappa shape index (κ1) is 22.5. The summed E-state index contributed by atoms with van der Waals surface area (Å²) >= 11 is 2.13. The molecule has 0 N–H and O–H groups in total. The van der Waals surface area contributed by atoms with Gasteiger partial charge in [0.2, 0.25) is 5.90 Å². The zero-order valence-electron chi connectivity index (χ0n) is 17.1. The zero-order valence-corrected chi connectivity index (χ0v) is 19.3. The highest BCUT2D eigenvalue weighted by Gasteiger charge is 2.25. The highest BCUT2D eigenvalue weighted by atomic mass is 127. The monoisotopic (exact) mass is 534 g/mol. The maximum atomic E-state index is 12.3. The van der Waals surface area contributed by atoms with E-state index in [0.717, 1.165) is 9.14 Å². The summed E-state index contributed by atoms with van der Waals surface area (Å²) in [5, 5.41) is 11.0. The average molecular weight is 534 g/mol. The van der Waals surface area contributed by atoms with Gasteiger partial charge in [-0.25, -0.2) is 9.79 Å². The van der Waals surface area contributed by atoms with E-state index >= 15 is 0 Å². The van der Waals surface area contributed by atoms with Gasteiger partial charge in [-0.2, -0.15) is 0 Å². The third kappa shape index (κ3) is 5.10. The molecule has 0 atom stereocenters. The minimum Gasteiger partial charge on any atom is -0.493 e. The lowest BCUT2D eigenvalue weighted by Crippen LogP contribution is -2.06. The number of cyclic esters (lactones) is 1. The number of aliphatic imine (C=N–C) groups is 1. The summed E-state index contributed by atoms with van der Waals surface area (Å²) in [6.45, 7) is 7.67. The second-order valence-corrected chi connectivity index (χ2v) is 8.04. The predicted octanol–water partition coefficient (Wildman–Crippen LogP) is 4.82. The molecule has 0 fully saturated rings. The fourth-order valence-electron chi connectivity index (χ4n) is 2.84. The van der Waals surface area contributed by atoms with Gasteiger partial charge in [0.25, 0.3) is 5.69 Å². The number of ether oxygens (including phenoxy) is 3. The van der Waals surface area contributed by atoms with Crippen LogP contribution in [-0.2, 0) is 9.53 Å². The summed E-state index contributed by atoms with van der Waals surface area (Å²) in [5.41, 5.74) is 2.58. The molecule has 0 amide bonds. The number of rotatable bonds is 7. The second-order valence-electron chi connectivity index (χ2n) is 6.87. The largest absolute Gasteiger partial charge is 0.493 e. The lowest BCUT2D eigenvalue weighted by molar-refractivity contribution is -0.385. The van der Waals surface area contributed by atoms with E-state index in [4.69, 9.17) is 14.2 Å². The number of nitro benzene ring substituents is 1. The highest BCUT2D eigenvalue weighted by molar-refractivity contribution is 14.1. The quantitative estimate of drug-likeness (QED) is 0.126. The summed E-state index contributed by atoms with van der Waals surface area (Å²) in [5.74, 6) is 0.592. The van der Waals surface area contributed by atoms with Crippen LogP contribution in [0.3, 0.4) is 0 Å². The molecule has 0 unspecified atom stereocenters.